The first-order valence-electron chi connectivity index (χ1n) is 6.81. The van der Waals surface area contributed by atoms with Crippen molar-refractivity contribution in [3.8, 4) is 6.01 Å². The van der Waals surface area contributed by atoms with Crippen LogP contribution in [0.2, 0.25) is 0 Å². The minimum absolute atomic E-state index is 0.205. The fourth-order valence-electron chi connectivity index (χ4n) is 1.25. The fraction of sp³-hybridized carbons (Fsp3) is 0.769. The predicted octanol–water partition coefficient (Wildman–Crippen LogP) is 2.55. The Kier molecular flexibility index (Phi) is 5.79. The van der Waals surface area contributed by atoms with E-state index in [1.54, 1.807) is 7.05 Å². The zero-order chi connectivity index (χ0) is 14.3. The molecule has 0 aromatic carbocycles. The van der Waals surface area contributed by atoms with Crippen LogP contribution < -0.4 is 15.4 Å². The number of ether oxygens (including phenoxy) is 1. The molecular weight excluding hydrogens is 242 g/mol. The Morgan fingerprint density at radius 2 is 1.79 bits per heavy atom. The summed E-state index contributed by atoms with van der Waals surface area (Å²) < 4.78 is 5.45. The molecule has 0 spiro atoms. The average molecular weight is 267 g/mol. The average Bonchev–Trinajstić information content (AvgIpc) is 2.42. The largest absolute Gasteiger partial charge is 0.463 e. The van der Waals surface area contributed by atoms with Gasteiger partial charge in [-0.05, 0) is 18.3 Å². The van der Waals surface area contributed by atoms with Crippen LogP contribution in [0.4, 0.5) is 11.9 Å². The molecule has 6 heteroatoms. The Morgan fingerprint density at radius 1 is 1.11 bits per heavy atom. The van der Waals surface area contributed by atoms with Crippen LogP contribution in [0.15, 0.2) is 0 Å². The van der Waals surface area contributed by atoms with Crippen molar-refractivity contribution >= 4 is 11.9 Å². The van der Waals surface area contributed by atoms with Crippen LogP contribution in [-0.4, -0.2) is 35.2 Å². The molecule has 0 aliphatic heterocycles. The summed E-state index contributed by atoms with van der Waals surface area (Å²) in [6, 6.07) is 0.359. The van der Waals surface area contributed by atoms with Crippen molar-refractivity contribution in [3.05, 3.63) is 0 Å². The van der Waals surface area contributed by atoms with Gasteiger partial charge in [0.1, 0.15) is 0 Å². The van der Waals surface area contributed by atoms with Crippen LogP contribution in [0.25, 0.3) is 0 Å². The number of hydrogen-bond acceptors (Lipinski definition) is 6. The van der Waals surface area contributed by atoms with Gasteiger partial charge in [-0.1, -0.05) is 27.7 Å². The summed E-state index contributed by atoms with van der Waals surface area (Å²) in [6.45, 7) is 10.0. The predicted molar refractivity (Wildman–Crippen MR) is 77.7 cm³/mol. The van der Waals surface area contributed by atoms with Crippen LogP contribution >= 0.6 is 0 Å². The van der Waals surface area contributed by atoms with Crippen molar-refractivity contribution in [2.75, 3.05) is 30.8 Å². The SMILES string of the molecule is CCCOc1nc(NC)nc(NCC(C)(C)CC)n1. The van der Waals surface area contributed by atoms with Crippen LogP contribution in [0, 0.1) is 5.41 Å². The van der Waals surface area contributed by atoms with E-state index in [9.17, 15) is 0 Å². The molecule has 1 aromatic heterocycles. The van der Waals surface area contributed by atoms with Crippen LogP contribution in [0.5, 0.6) is 6.01 Å². The zero-order valence-electron chi connectivity index (χ0n) is 12.6. The number of nitrogens with one attached hydrogen (secondary N) is 2. The fourth-order valence-corrected chi connectivity index (χ4v) is 1.25. The van der Waals surface area contributed by atoms with Gasteiger partial charge in [-0.15, -0.1) is 0 Å². The third-order valence-electron chi connectivity index (χ3n) is 2.96. The Balaban J connectivity index is 2.76. The third-order valence-corrected chi connectivity index (χ3v) is 2.96. The molecule has 1 rings (SSSR count). The highest BCUT2D eigenvalue weighted by Crippen LogP contribution is 2.20. The molecule has 0 atom stereocenters. The highest BCUT2D eigenvalue weighted by Gasteiger charge is 2.16. The van der Waals surface area contributed by atoms with Crippen LogP contribution in [0.3, 0.4) is 0 Å². The van der Waals surface area contributed by atoms with Gasteiger partial charge < -0.3 is 15.4 Å². The monoisotopic (exact) mass is 267 g/mol. The van der Waals surface area contributed by atoms with Crippen molar-refractivity contribution in [2.24, 2.45) is 5.41 Å². The summed E-state index contributed by atoms with van der Waals surface area (Å²) in [7, 11) is 1.78. The van der Waals surface area contributed by atoms with Crippen LogP contribution in [0.1, 0.15) is 40.5 Å². The Hall–Kier alpha value is -1.59. The molecule has 1 heterocycles. The van der Waals surface area contributed by atoms with Gasteiger partial charge in [0.25, 0.3) is 0 Å². The molecule has 0 aliphatic carbocycles. The van der Waals surface area contributed by atoms with Crippen molar-refractivity contribution in [2.45, 2.75) is 40.5 Å². The molecule has 0 saturated carbocycles. The quantitative estimate of drug-likeness (QED) is 0.754. The second kappa shape index (κ2) is 7.11. The van der Waals surface area contributed by atoms with E-state index >= 15 is 0 Å². The van der Waals surface area contributed by atoms with Gasteiger partial charge in [0.2, 0.25) is 11.9 Å². The van der Waals surface area contributed by atoms with E-state index < -0.39 is 0 Å². The molecule has 6 nitrogen and oxygen atoms in total. The summed E-state index contributed by atoms with van der Waals surface area (Å²) >= 11 is 0. The summed E-state index contributed by atoms with van der Waals surface area (Å²) in [5.74, 6) is 1.06. The molecule has 0 radical (unpaired) electrons. The molecule has 2 N–H and O–H groups in total. The van der Waals surface area contributed by atoms with Gasteiger partial charge in [0.05, 0.1) is 6.61 Å². The first kappa shape index (κ1) is 15.5. The van der Waals surface area contributed by atoms with E-state index in [1.165, 1.54) is 0 Å². The van der Waals surface area contributed by atoms with E-state index in [0.717, 1.165) is 19.4 Å². The van der Waals surface area contributed by atoms with E-state index in [0.29, 0.717) is 24.5 Å². The van der Waals surface area contributed by atoms with Crippen molar-refractivity contribution in [3.63, 3.8) is 0 Å². The minimum atomic E-state index is 0.205. The number of rotatable bonds is 8. The van der Waals surface area contributed by atoms with E-state index in [2.05, 4.69) is 46.4 Å². The second-order valence-corrected chi connectivity index (χ2v) is 5.23. The summed E-state index contributed by atoms with van der Waals surface area (Å²) in [5, 5.41) is 6.16. The standard InChI is InChI=1S/C13H25N5O/c1-6-8-19-12-17-10(14-5)16-11(18-12)15-9-13(3,4)7-2/h6-9H2,1-5H3,(H2,14,15,16,17,18). The molecule has 0 amide bonds. The minimum Gasteiger partial charge on any atom is -0.463 e. The van der Waals surface area contributed by atoms with Gasteiger partial charge >= 0.3 is 6.01 Å². The number of anilines is 2. The van der Waals surface area contributed by atoms with E-state index in [4.69, 9.17) is 4.74 Å². The topological polar surface area (TPSA) is 72.0 Å². The first-order valence-corrected chi connectivity index (χ1v) is 6.81. The maximum Gasteiger partial charge on any atom is 0.323 e. The Bertz CT molecular complexity index is 395. The molecule has 19 heavy (non-hydrogen) atoms. The van der Waals surface area contributed by atoms with Gasteiger partial charge in [0.15, 0.2) is 0 Å². The molecule has 108 valence electrons. The summed E-state index contributed by atoms with van der Waals surface area (Å²) in [6.07, 6.45) is 2.01. The summed E-state index contributed by atoms with van der Waals surface area (Å²) in [5.41, 5.74) is 0.205. The molecule has 0 unspecified atom stereocenters. The third kappa shape index (κ3) is 5.28. The van der Waals surface area contributed by atoms with E-state index in [-0.39, 0.29) is 5.41 Å². The summed E-state index contributed by atoms with van der Waals surface area (Å²) in [4.78, 5) is 12.7. The Labute approximate surface area is 115 Å². The second-order valence-electron chi connectivity index (χ2n) is 5.23. The Morgan fingerprint density at radius 3 is 2.37 bits per heavy atom. The smallest absolute Gasteiger partial charge is 0.323 e. The lowest BCUT2D eigenvalue weighted by Gasteiger charge is -2.22. The maximum atomic E-state index is 5.45. The van der Waals surface area contributed by atoms with Crippen molar-refractivity contribution in [1.29, 1.82) is 0 Å². The van der Waals surface area contributed by atoms with Gasteiger partial charge in [0, 0.05) is 13.6 Å². The molecule has 0 aliphatic rings. The highest BCUT2D eigenvalue weighted by atomic mass is 16.5. The van der Waals surface area contributed by atoms with Crippen molar-refractivity contribution in [1.82, 2.24) is 15.0 Å². The lowest BCUT2D eigenvalue weighted by atomic mass is 9.90. The number of nitrogens with zero attached hydrogens (tertiary/aromatic N) is 3. The molecule has 0 fully saturated rings. The maximum absolute atomic E-state index is 5.45. The van der Waals surface area contributed by atoms with E-state index in [1.807, 2.05) is 6.92 Å². The first-order chi connectivity index (χ1) is 9.00. The number of hydrogen-bond donors (Lipinski definition) is 2. The van der Waals surface area contributed by atoms with Gasteiger partial charge in [-0.25, -0.2) is 0 Å². The van der Waals surface area contributed by atoms with Gasteiger partial charge in [-0.2, -0.15) is 15.0 Å². The highest BCUT2D eigenvalue weighted by molar-refractivity contribution is 5.35. The molecule has 0 saturated heterocycles. The lowest BCUT2D eigenvalue weighted by Crippen LogP contribution is -2.23. The lowest BCUT2D eigenvalue weighted by molar-refractivity contribution is 0.292. The zero-order valence-corrected chi connectivity index (χ0v) is 12.6. The molecule has 0 bridgehead atoms. The molecular formula is C13H25N5O. The van der Waals surface area contributed by atoms with Crippen molar-refractivity contribution < 1.29 is 4.74 Å². The number of aromatic nitrogens is 3. The van der Waals surface area contributed by atoms with Crippen LogP contribution in [-0.2, 0) is 0 Å². The van der Waals surface area contributed by atoms with Gasteiger partial charge in [-0.3, -0.25) is 0 Å². The normalized spacial score (nSPS) is 11.2. The molecule has 1 aromatic rings.